The molecular weight excluding hydrogens is 402 g/mol. The van der Waals surface area contributed by atoms with Crippen molar-refractivity contribution in [1.29, 1.82) is 0 Å². The number of amidine groups is 1. The first-order chi connectivity index (χ1) is 13.9. The molecule has 0 aliphatic heterocycles. The van der Waals surface area contributed by atoms with Crippen LogP contribution < -0.4 is 10.5 Å². The van der Waals surface area contributed by atoms with Crippen LogP contribution in [-0.4, -0.2) is 16.7 Å². The minimum atomic E-state index is -0.862. The Morgan fingerprint density at radius 2 is 1.86 bits per heavy atom. The van der Waals surface area contributed by atoms with Gasteiger partial charge in [0.05, 0.1) is 9.95 Å². The summed E-state index contributed by atoms with van der Waals surface area (Å²) < 4.78 is 10.9. The molecule has 1 heterocycles. The summed E-state index contributed by atoms with van der Waals surface area (Å²) in [6.07, 6.45) is 0. The Morgan fingerprint density at radius 1 is 1.14 bits per heavy atom. The number of ether oxygens (including phenoxy) is 1. The molecule has 0 amide bonds. The first kappa shape index (κ1) is 19.9. The molecule has 10 heteroatoms. The van der Waals surface area contributed by atoms with Crippen molar-refractivity contribution < 1.29 is 23.7 Å². The average Bonchev–Trinajstić information content (AvgIpc) is 3.20. The smallest absolute Gasteiger partial charge is 0.400 e. The van der Waals surface area contributed by atoms with Gasteiger partial charge >= 0.3 is 5.97 Å². The van der Waals surface area contributed by atoms with Crippen molar-refractivity contribution in [1.82, 2.24) is 0 Å². The fraction of sp³-hybridized carbons (Fsp3) is 0.0526. The number of nitro benzene ring substituents is 1. The highest BCUT2D eigenvalue weighted by molar-refractivity contribution is 6.32. The lowest BCUT2D eigenvalue weighted by Crippen LogP contribution is -2.15. The molecule has 0 atom stereocenters. The maximum Gasteiger partial charge on any atom is 0.400 e. The molecule has 29 heavy (non-hydrogen) atoms. The van der Waals surface area contributed by atoms with Crippen LogP contribution in [0.1, 0.15) is 21.9 Å². The van der Waals surface area contributed by atoms with E-state index in [1.165, 1.54) is 30.3 Å². The quantitative estimate of drug-likeness (QED) is 0.203. The van der Waals surface area contributed by atoms with Crippen molar-refractivity contribution >= 4 is 29.1 Å². The SMILES string of the molecule is N/C(=N\OC(=O)c1ccc(COc2ccccc2Cl)o1)c1ccc([N+](=O)[O-])cc1. The lowest BCUT2D eigenvalue weighted by molar-refractivity contribution is -0.384. The van der Waals surface area contributed by atoms with Gasteiger partial charge in [-0.3, -0.25) is 10.1 Å². The summed E-state index contributed by atoms with van der Waals surface area (Å²) in [5, 5.41) is 14.6. The van der Waals surface area contributed by atoms with Crippen LogP contribution in [-0.2, 0) is 11.4 Å². The number of halogens is 1. The Hall–Kier alpha value is -3.85. The van der Waals surface area contributed by atoms with Crippen LogP contribution in [0.4, 0.5) is 5.69 Å². The largest absolute Gasteiger partial charge is 0.484 e. The maximum absolute atomic E-state index is 12.0. The standard InChI is InChI=1S/C19H14ClN3O6/c20-15-3-1-2-4-16(15)27-11-14-9-10-17(28-14)19(24)29-22-18(21)12-5-7-13(8-6-12)23(25)26/h1-10H,11H2,(H2,21,22). The van der Waals surface area contributed by atoms with Crippen molar-refractivity contribution in [3.63, 3.8) is 0 Å². The minimum Gasteiger partial charge on any atom is -0.484 e. The molecule has 0 unspecified atom stereocenters. The molecule has 1 aromatic heterocycles. The zero-order chi connectivity index (χ0) is 20.8. The van der Waals surface area contributed by atoms with E-state index in [9.17, 15) is 14.9 Å². The number of rotatable bonds is 7. The van der Waals surface area contributed by atoms with Crippen LogP contribution >= 0.6 is 11.6 Å². The first-order valence-electron chi connectivity index (χ1n) is 8.19. The highest BCUT2D eigenvalue weighted by Gasteiger charge is 2.14. The second kappa shape index (κ2) is 8.89. The Morgan fingerprint density at radius 3 is 2.55 bits per heavy atom. The van der Waals surface area contributed by atoms with E-state index in [0.29, 0.717) is 22.1 Å². The number of nitrogens with two attached hydrogens (primary N) is 1. The number of hydrogen-bond acceptors (Lipinski definition) is 7. The third-order valence-corrected chi connectivity index (χ3v) is 3.98. The lowest BCUT2D eigenvalue weighted by atomic mass is 10.2. The topological polar surface area (TPSA) is 130 Å². The van der Waals surface area contributed by atoms with Gasteiger partial charge in [-0.05, 0) is 36.4 Å². The van der Waals surface area contributed by atoms with E-state index in [-0.39, 0.29) is 23.9 Å². The number of carbonyl (C=O) groups is 1. The summed E-state index contributed by atoms with van der Waals surface area (Å²) in [6.45, 7) is 0.0607. The van der Waals surface area contributed by atoms with Gasteiger partial charge in [0.1, 0.15) is 18.1 Å². The Bertz CT molecular complexity index is 1060. The van der Waals surface area contributed by atoms with Gasteiger partial charge in [-0.1, -0.05) is 28.9 Å². The summed E-state index contributed by atoms with van der Waals surface area (Å²) in [7, 11) is 0. The number of nitrogens with zero attached hydrogens (tertiary/aromatic N) is 2. The molecule has 0 saturated heterocycles. The molecule has 148 valence electrons. The van der Waals surface area contributed by atoms with Crippen molar-refractivity contribution in [2.45, 2.75) is 6.61 Å². The minimum absolute atomic E-state index is 0.0607. The van der Waals surface area contributed by atoms with E-state index < -0.39 is 10.9 Å². The van der Waals surface area contributed by atoms with Gasteiger partial charge in [-0.2, -0.15) is 0 Å². The number of hydrogen-bond donors (Lipinski definition) is 1. The molecule has 0 spiro atoms. The van der Waals surface area contributed by atoms with Crippen LogP contribution in [0, 0.1) is 10.1 Å². The summed E-state index contributed by atoms with van der Waals surface area (Å²) in [5.41, 5.74) is 5.98. The Labute approximate surface area is 169 Å². The molecule has 3 rings (SSSR count). The molecule has 0 bridgehead atoms. The molecule has 2 N–H and O–H groups in total. The maximum atomic E-state index is 12.0. The molecule has 0 saturated carbocycles. The molecule has 9 nitrogen and oxygen atoms in total. The van der Waals surface area contributed by atoms with Crippen molar-refractivity contribution in [2.24, 2.45) is 10.9 Å². The Kier molecular flexibility index (Phi) is 6.10. The lowest BCUT2D eigenvalue weighted by Gasteiger charge is -2.05. The van der Waals surface area contributed by atoms with Crippen molar-refractivity contribution in [3.05, 3.63) is 92.9 Å². The number of benzene rings is 2. The van der Waals surface area contributed by atoms with Gasteiger partial charge < -0.3 is 19.7 Å². The zero-order valence-electron chi connectivity index (χ0n) is 14.8. The van der Waals surface area contributed by atoms with Gasteiger partial charge in [0.2, 0.25) is 5.76 Å². The van der Waals surface area contributed by atoms with Gasteiger partial charge in [0, 0.05) is 17.7 Å². The first-order valence-corrected chi connectivity index (χ1v) is 8.57. The normalized spacial score (nSPS) is 11.1. The molecule has 0 aliphatic carbocycles. The fourth-order valence-corrected chi connectivity index (χ4v) is 2.41. The molecule has 0 aliphatic rings. The average molecular weight is 416 g/mol. The van der Waals surface area contributed by atoms with E-state index in [4.69, 9.17) is 31.3 Å². The van der Waals surface area contributed by atoms with Crippen LogP contribution in [0.5, 0.6) is 5.75 Å². The second-order valence-corrected chi connectivity index (χ2v) is 6.05. The molecule has 3 aromatic rings. The number of para-hydroxylation sites is 1. The molecule has 0 radical (unpaired) electrons. The van der Waals surface area contributed by atoms with Crippen molar-refractivity contribution in [2.75, 3.05) is 0 Å². The third kappa shape index (κ3) is 5.11. The van der Waals surface area contributed by atoms with Gasteiger partial charge in [-0.25, -0.2) is 4.79 Å². The number of oxime groups is 1. The summed E-state index contributed by atoms with van der Waals surface area (Å²) >= 11 is 6.00. The third-order valence-electron chi connectivity index (χ3n) is 3.67. The fourth-order valence-electron chi connectivity index (χ4n) is 2.22. The molecule has 2 aromatic carbocycles. The monoisotopic (exact) mass is 415 g/mol. The van der Waals surface area contributed by atoms with E-state index >= 15 is 0 Å². The number of furan rings is 1. The number of carbonyl (C=O) groups excluding carboxylic acids is 1. The summed E-state index contributed by atoms with van der Waals surface area (Å²) in [5.74, 6) is -0.219. The second-order valence-electron chi connectivity index (χ2n) is 5.64. The van der Waals surface area contributed by atoms with Crippen LogP contribution in [0.15, 0.2) is 70.2 Å². The number of non-ortho nitro benzene ring substituents is 1. The highest BCUT2D eigenvalue weighted by atomic mass is 35.5. The molecule has 0 fully saturated rings. The zero-order valence-corrected chi connectivity index (χ0v) is 15.5. The van der Waals surface area contributed by atoms with Crippen LogP contribution in [0.2, 0.25) is 5.02 Å². The van der Waals surface area contributed by atoms with Crippen LogP contribution in [0.3, 0.4) is 0 Å². The van der Waals surface area contributed by atoms with E-state index in [1.54, 1.807) is 30.3 Å². The van der Waals surface area contributed by atoms with Gasteiger partial charge in [0.15, 0.2) is 5.84 Å². The highest BCUT2D eigenvalue weighted by Crippen LogP contribution is 2.24. The van der Waals surface area contributed by atoms with Gasteiger partial charge in [-0.15, -0.1) is 0 Å². The van der Waals surface area contributed by atoms with E-state index in [2.05, 4.69) is 5.16 Å². The van der Waals surface area contributed by atoms with Crippen molar-refractivity contribution in [3.8, 4) is 5.75 Å². The van der Waals surface area contributed by atoms with E-state index in [0.717, 1.165) is 0 Å². The predicted octanol–water partition coefficient (Wildman–Crippen LogP) is 3.90. The molecular formula is C19H14ClN3O6. The predicted molar refractivity (Wildman–Crippen MR) is 104 cm³/mol. The Balaban J connectivity index is 1.58. The summed E-state index contributed by atoms with van der Waals surface area (Å²) in [4.78, 5) is 26.9. The number of nitro groups is 1. The summed E-state index contributed by atoms with van der Waals surface area (Å²) in [6, 6.07) is 15.2. The van der Waals surface area contributed by atoms with Gasteiger partial charge in [0.25, 0.3) is 5.69 Å². The van der Waals surface area contributed by atoms with E-state index in [1.807, 2.05) is 0 Å². The van der Waals surface area contributed by atoms with Crippen LogP contribution in [0.25, 0.3) is 0 Å².